The molecule has 27 heavy (non-hydrogen) atoms. The molecule has 0 amide bonds. The van der Waals surface area contributed by atoms with Gasteiger partial charge in [0.2, 0.25) is 0 Å². The number of para-hydroxylation sites is 2. The van der Waals surface area contributed by atoms with Crippen LogP contribution in [0.25, 0.3) is 11.5 Å². The Bertz CT molecular complexity index is 869. The first-order valence-electron chi connectivity index (χ1n) is 9.37. The van der Waals surface area contributed by atoms with Gasteiger partial charge in [0.15, 0.2) is 23.1 Å². The van der Waals surface area contributed by atoms with E-state index < -0.39 is 0 Å². The molecule has 7 heteroatoms. The van der Waals surface area contributed by atoms with Crippen LogP contribution >= 0.6 is 0 Å². The van der Waals surface area contributed by atoms with E-state index in [1.165, 1.54) is 0 Å². The maximum atomic E-state index is 5.90. The lowest BCUT2D eigenvalue weighted by atomic mass is 10.3. The number of benzene rings is 1. The Morgan fingerprint density at radius 3 is 2.59 bits per heavy atom. The van der Waals surface area contributed by atoms with Crippen LogP contribution < -0.4 is 9.47 Å². The summed E-state index contributed by atoms with van der Waals surface area (Å²) in [5.74, 6) is 2.84. The predicted octanol–water partition coefficient (Wildman–Crippen LogP) is 4.11. The number of aryl methyl sites for hydroxylation is 1. The molecule has 2 heterocycles. The standard InChI is InChI=1S/C20H27N5O2/c1-5-6-13-24-20(16-11-12-21-25(16)15(2)3)22-19(23-24)14-27-18-10-8-7-9-17(18)26-4/h7-12,15H,5-6,13-14H2,1-4H3. The molecule has 0 fully saturated rings. The predicted molar refractivity (Wildman–Crippen MR) is 104 cm³/mol. The number of methoxy groups -OCH3 is 1. The second-order valence-corrected chi connectivity index (χ2v) is 6.62. The highest BCUT2D eigenvalue weighted by atomic mass is 16.5. The van der Waals surface area contributed by atoms with E-state index in [9.17, 15) is 0 Å². The van der Waals surface area contributed by atoms with Crippen molar-refractivity contribution in [3.05, 3.63) is 42.4 Å². The van der Waals surface area contributed by atoms with Crippen molar-refractivity contribution in [3.8, 4) is 23.0 Å². The van der Waals surface area contributed by atoms with Crippen LogP contribution in [0.5, 0.6) is 11.5 Å². The van der Waals surface area contributed by atoms with Gasteiger partial charge in [-0.25, -0.2) is 9.67 Å². The highest BCUT2D eigenvalue weighted by Gasteiger charge is 2.17. The summed E-state index contributed by atoms with van der Waals surface area (Å²) in [6.45, 7) is 7.48. The van der Waals surface area contributed by atoms with Crippen molar-refractivity contribution in [2.75, 3.05) is 7.11 Å². The molecule has 0 bridgehead atoms. The molecule has 0 saturated carbocycles. The first-order chi connectivity index (χ1) is 13.1. The lowest BCUT2D eigenvalue weighted by molar-refractivity contribution is 0.275. The number of unbranched alkanes of at least 4 members (excludes halogenated alkanes) is 1. The Labute approximate surface area is 159 Å². The highest BCUT2D eigenvalue weighted by molar-refractivity contribution is 5.49. The summed E-state index contributed by atoms with van der Waals surface area (Å²) in [5, 5.41) is 9.10. The Balaban J connectivity index is 1.86. The number of aromatic nitrogens is 5. The summed E-state index contributed by atoms with van der Waals surface area (Å²) in [5.41, 5.74) is 0.970. The summed E-state index contributed by atoms with van der Waals surface area (Å²) in [4.78, 5) is 4.74. The van der Waals surface area contributed by atoms with Gasteiger partial charge < -0.3 is 9.47 Å². The smallest absolute Gasteiger partial charge is 0.188 e. The summed E-state index contributed by atoms with van der Waals surface area (Å²) in [7, 11) is 1.63. The van der Waals surface area contributed by atoms with Crippen molar-refractivity contribution in [1.82, 2.24) is 24.5 Å². The number of hydrogen-bond donors (Lipinski definition) is 0. The van der Waals surface area contributed by atoms with Gasteiger partial charge in [0, 0.05) is 18.8 Å². The Morgan fingerprint density at radius 1 is 1.11 bits per heavy atom. The molecule has 3 rings (SSSR count). The van der Waals surface area contributed by atoms with Crippen LogP contribution in [0, 0.1) is 0 Å². The molecular formula is C20H27N5O2. The van der Waals surface area contributed by atoms with E-state index in [0.717, 1.165) is 30.9 Å². The van der Waals surface area contributed by atoms with Crippen LogP contribution in [0.3, 0.4) is 0 Å². The quantitative estimate of drug-likeness (QED) is 0.568. The molecule has 0 radical (unpaired) electrons. The first-order valence-corrected chi connectivity index (χ1v) is 9.37. The van der Waals surface area contributed by atoms with Gasteiger partial charge in [0.05, 0.1) is 7.11 Å². The van der Waals surface area contributed by atoms with E-state index in [1.54, 1.807) is 13.3 Å². The molecule has 0 N–H and O–H groups in total. The van der Waals surface area contributed by atoms with Crippen LogP contribution in [-0.2, 0) is 13.2 Å². The van der Waals surface area contributed by atoms with Crippen molar-refractivity contribution in [2.24, 2.45) is 0 Å². The summed E-state index contributed by atoms with van der Waals surface area (Å²) >= 11 is 0. The van der Waals surface area contributed by atoms with E-state index >= 15 is 0 Å². The molecule has 0 aliphatic carbocycles. The molecule has 2 aromatic heterocycles. The molecular weight excluding hydrogens is 342 g/mol. The Morgan fingerprint density at radius 2 is 1.89 bits per heavy atom. The number of nitrogens with zero attached hydrogens (tertiary/aromatic N) is 5. The van der Waals surface area contributed by atoms with E-state index in [4.69, 9.17) is 14.5 Å². The fraction of sp³-hybridized carbons (Fsp3) is 0.450. The minimum atomic E-state index is 0.250. The van der Waals surface area contributed by atoms with E-state index in [-0.39, 0.29) is 12.6 Å². The minimum Gasteiger partial charge on any atom is -0.493 e. The van der Waals surface area contributed by atoms with E-state index in [1.807, 2.05) is 39.7 Å². The van der Waals surface area contributed by atoms with Gasteiger partial charge in [0.25, 0.3) is 0 Å². The van der Waals surface area contributed by atoms with Gasteiger partial charge in [-0.2, -0.15) is 10.2 Å². The number of rotatable bonds is 9. The van der Waals surface area contributed by atoms with Crippen molar-refractivity contribution >= 4 is 0 Å². The first kappa shape index (κ1) is 18.9. The van der Waals surface area contributed by atoms with Gasteiger partial charge in [0.1, 0.15) is 12.3 Å². The molecule has 144 valence electrons. The third kappa shape index (κ3) is 4.30. The van der Waals surface area contributed by atoms with E-state index in [0.29, 0.717) is 17.3 Å². The maximum absolute atomic E-state index is 5.90. The molecule has 0 aliphatic heterocycles. The zero-order valence-corrected chi connectivity index (χ0v) is 16.4. The monoisotopic (exact) mass is 369 g/mol. The fourth-order valence-corrected chi connectivity index (χ4v) is 2.89. The van der Waals surface area contributed by atoms with Crippen LogP contribution in [0.1, 0.15) is 45.5 Å². The topological polar surface area (TPSA) is 67.0 Å². The van der Waals surface area contributed by atoms with Crippen molar-refractivity contribution in [2.45, 2.75) is 52.8 Å². The largest absolute Gasteiger partial charge is 0.493 e. The average molecular weight is 369 g/mol. The van der Waals surface area contributed by atoms with Crippen LogP contribution in [0.4, 0.5) is 0 Å². The normalized spacial score (nSPS) is 11.1. The van der Waals surface area contributed by atoms with Crippen LogP contribution in [0.15, 0.2) is 36.5 Å². The molecule has 1 aromatic carbocycles. The zero-order valence-electron chi connectivity index (χ0n) is 16.4. The zero-order chi connectivity index (χ0) is 19.2. The van der Waals surface area contributed by atoms with Crippen molar-refractivity contribution in [3.63, 3.8) is 0 Å². The second kappa shape index (κ2) is 8.70. The minimum absolute atomic E-state index is 0.250. The molecule has 0 spiro atoms. The lowest BCUT2D eigenvalue weighted by Crippen LogP contribution is -2.09. The summed E-state index contributed by atoms with van der Waals surface area (Å²) in [6.07, 6.45) is 3.94. The molecule has 0 aliphatic rings. The van der Waals surface area contributed by atoms with Gasteiger partial charge >= 0.3 is 0 Å². The van der Waals surface area contributed by atoms with E-state index in [2.05, 4.69) is 31.0 Å². The third-order valence-corrected chi connectivity index (χ3v) is 4.25. The molecule has 0 atom stereocenters. The summed E-state index contributed by atoms with van der Waals surface area (Å²) < 4.78 is 15.2. The van der Waals surface area contributed by atoms with Crippen LogP contribution in [0.2, 0.25) is 0 Å². The van der Waals surface area contributed by atoms with Crippen molar-refractivity contribution in [1.29, 1.82) is 0 Å². The van der Waals surface area contributed by atoms with Gasteiger partial charge in [-0.05, 0) is 38.5 Å². The molecule has 7 nitrogen and oxygen atoms in total. The van der Waals surface area contributed by atoms with Gasteiger partial charge in [-0.15, -0.1) is 0 Å². The third-order valence-electron chi connectivity index (χ3n) is 4.25. The van der Waals surface area contributed by atoms with Crippen molar-refractivity contribution < 1.29 is 9.47 Å². The average Bonchev–Trinajstić information content (AvgIpc) is 3.31. The fourth-order valence-electron chi connectivity index (χ4n) is 2.89. The van der Waals surface area contributed by atoms with Gasteiger partial charge in [-0.3, -0.25) is 4.68 Å². The molecule has 0 unspecified atom stereocenters. The Hall–Kier alpha value is -2.83. The molecule has 3 aromatic rings. The van der Waals surface area contributed by atoms with Crippen LogP contribution in [-0.4, -0.2) is 31.7 Å². The second-order valence-electron chi connectivity index (χ2n) is 6.62. The number of hydrogen-bond acceptors (Lipinski definition) is 5. The maximum Gasteiger partial charge on any atom is 0.188 e. The number of ether oxygens (including phenoxy) is 2. The SMILES string of the molecule is CCCCn1nc(COc2ccccc2OC)nc1-c1ccnn1C(C)C. The Kier molecular flexibility index (Phi) is 6.11. The lowest BCUT2D eigenvalue weighted by Gasteiger charge is -2.11. The van der Waals surface area contributed by atoms with Gasteiger partial charge in [-0.1, -0.05) is 25.5 Å². The summed E-state index contributed by atoms with van der Waals surface area (Å²) in [6, 6.07) is 9.81. The highest BCUT2D eigenvalue weighted by Crippen LogP contribution is 2.27. The molecule has 0 saturated heterocycles.